The number of hydrogen-bond acceptors (Lipinski definition) is 1. The largest absolute Gasteiger partial charge is 0.294 e. The van der Waals surface area contributed by atoms with Crippen LogP contribution in [0.25, 0.3) is 32.7 Å². The van der Waals surface area contributed by atoms with E-state index in [1.165, 1.54) is 21.7 Å². The molecular weight excluding hydrogens is 280 g/mol. The van der Waals surface area contributed by atoms with Crippen molar-refractivity contribution in [2.45, 2.75) is 6.42 Å². The number of benzene rings is 4. The zero-order valence-corrected chi connectivity index (χ0v) is 12.5. The third kappa shape index (κ3) is 1.71. The normalized spacial score (nSPS) is 13.1. The number of ketones is 1. The Morgan fingerprint density at radius 3 is 1.96 bits per heavy atom. The monoisotopic (exact) mass is 294 g/mol. The first-order chi connectivity index (χ1) is 11.3. The minimum absolute atomic E-state index is 0.216. The summed E-state index contributed by atoms with van der Waals surface area (Å²) in [5, 5.41) is 4.80. The van der Waals surface area contributed by atoms with Crippen LogP contribution < -0.4 is 0 Å². The molecule has 0 atom stereocenters. The molecule has 0 radical (unpaired) electrons. The highest BCUT2D eigenvalue weighted by molar-refractivity contribution is 6.18. The summed E-state index contributed by atoms with van der Waals surface area (Å²) in [6.45, 7) is 0. The molecule has 108 valence electrons. The zero-order chi connectivity index (χ0) is 15.4. The average molecular weight is 294 g/mol. The third-order valence-electron chi connectivity index (χ3n) is 4.85. The summed E-state index contributed by atoms with van der Waals surface area (Å²) in [5.74, 6) is 0.216. The van der Waals surface area contributed by atoms with Gasteiger partial charge in [-0.25, -0.2) is 0 Å². The van der Waals surface area contributed by atoms with Crippen molar-refractivity contribution in [2.24, 2.45) is 0 Å². The summed E-state index contributed by atoms with van der Waals surface area (Å²) in [7, 11) is 0. The Balaban J connectivity index is 2.03. The summed E-state index contributed by atoms with van der Waals surface area (Å²) in [4.78, 5) is 12.6. The molecule has 1 aliphatic rings. The number of hydrogen-bond donors (Lipinski definition) is 0. The van der Waals surface area contributed by atoms with Crippen LogP contribution in [0.15, 0.2) is 72.8 Å². The molecule has 1 aliphatic carbocycles. The van der Waals surface area contributed by atoms with E-state index in [1.54, 1.807) is 0 Å². The smallest absolute Gasteiger partial charge is 0.167 e. The Hall–Kier alpha value is -2.93. The van der Waals surface area contributed by atoms with Gasteiger partial charge in [0.05, 0.1) is 0 Å². The van der Waals surface area contributed by atoms with E-state index in [0.717, 1.165) is 22.1 Å². The van der Waals surface area contributed by atoms with Crippen molar-refractivity contribution in [1.82, 2.24) is 0 Å². The predicted molar refractivity (Wildman–Crippen MR) is 94.9 cm³/mol. The van der Waals surface area contributed by atoms with Crippen LogP contribution in [0.4, 0.5) is 0 Å². The van der Waals surface area contributed by atoms with Crippen molar-refractivity contribution in [3.05, 3.63) is 83.9 Å². The SMILES string of the molecule is O=C1Cc2ccc3ccccc3c2-c2c1ccc1ccccc21. The Bertz CT molecular complexity index is 1110. The maximum Gasteiger partial charge on any atom is 0.167 e. The molecule has 0 saturated heterocycles. The summed E-state index contributed by atoms with van der Waals surface area (Å²) in [6, 6.07) is 25.0. The van der Waals surface area contributed by atoms with Gasteiger partial charge in [0.15, 0.2) is 5.78 Å². The number of rotatable bonds is 0. The number of fused-ring (bicyclic) bond motifs is 7. The van der Waals surface area contributed by atoms with Gasteiger partial charge in [0.25, 0.3) is 0 Å². The van der Waals surface area contributed by atoms with Gasteiger partial charge in [-0.3, -0.25) is 4.79 Å². The van der Waals surface area contributed by atoms with Gasteiger partial charge in [0.2, 0.25) is 0 Å². The molecule has 0 spiro atoms. The lowest BCUT2D eigenvalue weighted by molar-refractivity contribution is 0.0992. The Morgan fingerprint density at radius 2 is 1.22 bits per heavy atom. The van der Waals surface area contributed by atoms with Crippen LogP contribution >= 0.6 is 0 Å². The fourth-order valence-corrected chi connectivity index (χ4v) is 3.80. The lowest BCUT2D eigenvalue weighted by Crippen LogP contribution is -2.13. The molecule has 0 aromatic heterocycles. The van der Waals surface area contributed by atoms with Gasteiger partial charge in [-0.2, -0.15) is 0 Å². The first-order valence-corrected chi connectivity index (χ1v) is 7.89. The molecule has 0 fully saturated rings. The van der Waals surface area contributed by atoms with Gasteiger partial charge in [-0.1, -0.05) is 72.8 Å². The first kappa shape index (κ1) is 12.6. The van der Waals surface area contributed by atoms with E-state index in [0.29, 0.717) is 6.42 Å². The highest BCUT2D eigenvalue weighted by Gasteiger charge is 2.25. The van der Waals surface area contributed by atoms with Gasteiger partial charge in [0.1, 0.15) is 0 Å². The van der Waals surface area contributed by atoms with E-state index in [2.05, 4.69) is 54.6 Å². The molecule has 0 amide bonds. The molecule has 1 heteroatoms. The van der Waals surface area contributed by atoms with Crippen molar-refractivity contribution in [3.63, 3.8) is 0 Å². The van der Waals surface area contributed by atoms with Crippen molar-refractivity contribution in [1.29, 1.82) is 0 Å². The van der Waals surface area contributed by atoms with Gasteiger partial charge < -0.3 is 0 Å². The summed E-state index contributed by atoms with van der Waals surface area (Å²) in [5.41, 5.74) is 4.32. The zero-order valence-electron chi connectivity index (χ0n) is 12.5. The minimum atomic E-state index is 0.216. The van der Waals surface area contributed by atoms with Crippen molar-refractivity contribution < 1.29 is 4.79 Å². The van der Waals surface area contributed by atoms with Crippen LogP contribution in [0.5, 0.6) is 0 Å². The van der Waals surface area contributed by atoms with Crippen molar-refractivity contribution in [3.8, 4) is 11.1 Å². The van der Waals surface area contributed by atoms with Gasteiger partial charge in [0, 0.05) is 17.5 Å². The fraction of sp³-hybridized carbons (Fsp3) is 0.0455. The maximum absolute atomic E-state index is 12.6. The molecule has 5 rings (SSSR count). The minimum Gasteiger partial charge on any atom is -0.294 e. The third-order valence-corrected chi connectivity index (χ3v) is 4.85. The van der Waals surface area contributed by atoms with E-state index < -0.39 is 0 Å². The number of Topliss-reactive ketones (excluding diaryl/α,β-unsaturated/α-hetero) is 1. The lowest BCUT2D eigenvalue weighted by atomic mass is 9.80. The fourth-order valence-electron chi connectivity index (χ4n) is 3.80. The second-order valence-corrected chi connectivity index (χ2v) is 6.13. The molecule has 4 aromatic rings. The topological polar surface area (TPSA) is 17.1 Å². The summed E-state index contributed by atoms with van der Waals surface area (Å²) in [6.07, 6.45) is 0.492. The highest BCUT2D eigenvalue weighted by atomic mass is 16.1. The summed E-state index contributed by atoms with van der Waals surface area (Å²) < 4.78 is 0. The van der Waals surface area contributed by atoms with Crippen molar-refractivity contribution in [2.75, 3.05) is 0 Å². The Morgan fingerprint density at radius 1 is 0.609 bits per heavy atom. The van der Waals surface area contributed by atoms with E-state index in [1.807, 2.05) is 18.2 Å². The lowest BCUT2D eigenvalue weighted by Gasteiger charge is -2.22. The Labute approximate surface area is 134 Å². The second-order valence-electron chi connectivity index (χ2n) is 6.13. The van der Waals surface area contributed by atoms with Crippen LogP contribution in [-0.4, -0.2) is 5.78 Å². The van der Waals surface area contributed by atoms with Gasteiger partial charge >= 0.3 is 0 Å². The molecule has 0 saturated carbocycles. The van der Waals surface area contributed by atoms with Gasteiger partial charge in [-0.05, 0) is 32.7 Å². The van der Waals surface area contributed by atoms with Crippen LogP contribution in [0, 0.1) is 0 Å². The molecule has 4 aromatic carbocycles. The highest BCUT2D eigenvalue weighted by Crippen LogP contribution is 2.42. The van der Waals surface area contributed by atoms with Crippen LogP contribution in [0.1, 0.15) is 15.9 Å². The molecular formula is C22H14O. The quantitative estimate of drug-likeness (QED) is 0.424. The maximum atomic E-state index is 12.6. The molecule has 0 unspecified atom stereocenters. The Kier molecular flexibility index (Phi) is 2.48. The first-order valence-electron chi connectivity index (χ1n) is 7.89. The van der Waals surface area contributed by atoms with E-state index in [-0.39, 0.29) is 5.78 Å². The molecule has 0 heterocycles. The molecule has 1 nitrogen and oxygen atoms in total. The molecule has 0 aliphatic heterocycles. The van der Waals surface area contributed by atoms with Crippen LogP contribution in [-0.2, 0) is 6.42 Å². The molecule has 0 N–H and O–H groups in total. The van der Waals surface area contributed by atoms with Crippen molar-refractivity contribution >= 4 is 27.3 Å². The van der Waals surface area contributed by atoms with E-state index in [4.69, 9.17) is 0 Å². The predicted octanol–water partition coefficient (Wildman–Crippen LogP) is 5.40. The van der Waals surface area contributed by atoms with Gasteiger partial charge in [-0.15, -0.1) is 0 Å². The standard InChI is InChI=1S/C22H14O/c23-20-13-16-10-9-14-5-1-3-7-17(14)21(16)22-18-8-4-2-6-15(18)11-12-19(20)22/h1-12H,13H2. The van der Waals surface area contributed by atoms with E-state index in [9.17, 15) is 4.79 Å². The molecule has 0 bridgehead atoms. The number of carbonyl (C=O) groups is 1. The second kappa shape index (κ2) is 4.53. The van der Waals surface area contributed by atoms with E-state index >= 15 is 0 Å². The number of carbonyl (C=O) groups excluding carboxylic acids is 1. The molecule has 23 heavy (non-hydrogen) atoms. The average Bonchev–Trinajstić information content (AvgIpc) is 2.61. The summed E-state index contributed by atoms with van der Waals surface area (Å²) >= 11 is 0. The van der Waals surface area contributed by atoms with Crippen LogP contribution in [0.3, 0.4) is 0 Å². The van der Waals surface area contributed by atoms with Crippen LogP contribution in [0.2, 0.25) is 0 Å².